The summed E-state index contributed by atoms with van der Waals surface area (Å²) in [5.41, 5.74) is 1.37. The number of halogens is 1. The monoisotopic (exact) mass is 516 g/mol. The Hall–Kier alpha value is -3.03. The summed E-state index contributed by atoms with van der Waals surface area (Å²) >= 11 is 6.27. The highest BCUT2D eigenvalue weighted by Crippen LogP contribution is 2.41. The molecule has 3 aromatic carbocycles. The number of carbonyl (C=O) groups excluding carboxylic acids is 1. The van der Waals surface area contributed by atoms with Crippen molar-refractivity contribution in [2.45, 2.75) is 56.2 Å². The molecule has 0 aliphatic rings. The van der Waals surface area contributed by atoms with Crippen molar-refractivity contribution >= 4 is 27.2 Å². The van der Waals surface area contributed by atoms with Crippen molar-refractivity contribution in [3.63, 3.8) is 0 Å². The molecule has 186 valence electrons. The molecule has 3 N–H and O–H groups in total. The fourth-order valence-electron chi connectivity index (χ4n) is 3.78. The molecule has 6 nitrogen and oxygen atoms in total. The Balaban J connectivity index is 1.93. The van der Waals surface area contributed by atoms with Crippen molar-refractivity contribution in [2.24, 2.45) is 5.92 Å². The Labute approximate surface area is 210 Å². The van der Waals surface area contributed by atoms with Gasteiger partial charge in [0, 0.05) is 11.4 Å². The number of rotatable bonds is 9. The van der Waals surface area contributed by atoms with Crippen LogP contribution in [0.2, 0.25) is 5.02 Å². The van der Waals surface area contributed by atoms with Crippen LogP contribution in [0.5, 0.6) is 17.2 Å². The Kier molecular flexibility index (Phi) is 8.13. The summed E-state index contributed by atoms with van der Waals surface area (Å²) in [5.74, 6) is -2.05. The van der Waals surface area contributed by atoms with Gasteiger partial charge in [-0.15, -0.1) is 0 Å². The Bertz CT molecular complexity index is 1350. The lowest BCUT2D eigenvalue weighted by Crippen LogP contribution is -2.08. The van der Waals surface area contributed by atoms with Crippen LogP contribution in [0.15, 0.2) is 58.3 Å². The molecule has 3 rings (SSSR count). The van der Waals surface area contributed by atoms with E-state index in [2.05, 4.69) is 13.8 Å². The quantitative estimate of drug-likeness (QED) is 0.237. The summed E-state index contributed by atoms with van der Waals surface area (Å²) in [7, 11) is -3.83. The third kappa shape index (κ3) is 5.97. The summed E-state index contributed by atoms with van der Waals surface area (Å²) in [6, 6.07) is 11.9. The molecular weight excluding hydrogens is 488 g/mol. The first-order chi connectivity index (χ1) is 16.4. The summed E-state index contributed by atoms with van der Waals surface area (Å²) in [6.45, 7) is 5.99. The molecular formula is C27H29ClO6S. The minimum Gasteiger partial charge on any atom is -0.504 e. The van der Waals surface area contributed by atoms with E-state index in [4.69, 9.17) is 11.6 Å². The van der Waals surface area contributed by atoms with Crippen molar-refractivity contribution in [2.75, 3.05) is 0 Å². The average molecular weight is 517 g/mol. The summed E-state index contributed by atoms with van der Waals surface area (Å²) in [6.07, 6.45) is 1.73. The molecule has 0 aliphatic heterocycles. The molecule has 3 aromatic rings. The molecule has 0 saturated carbocycles. The summed E-state index contributed by atoms with van der Waals surface area (Å²) in [5, 5.41) is 30.9. The van der Waals surface area contributed by atoms with Gasteiger partial charge in [0.15, 0.2) is 17.3 Å². The molecule has 0 fully saturated rings. The Morgan fingerprint density at radius 2 is 1.51 bits per heavy atom. The van der Waals surface area contributed by atoms with Crippen LogP contribution in [0.25, 0.3) is 0 Å². The molecule has 0 unspecified atom stereocenters. The van der Waals surface area contributed by atoms with Crippen LogP contribution < -0.4 is 0 Å². The van der Waals surface area contributed by atoms with E-state index >= 15 is 0 Å². The molecule has 0 spiro atoms. The van der Waals surface area contributed by atoms with Crippen molar-refractivity contribution in [3.05, 3.63) is 75.8 Å². The molecule has 0 saturated heterocycles. The SMILES string of the molecule is Cc1ccc(S(=O)(=O)c2ccc(Cl)c(CC(=O)c3cc(CCCC(C)C)c(O)c(O)c3O)c2)cc1. The van der Waals surface area contributed by atoms with Crippen LogP contribution in [0.3, 0.4) is 0 Å². The van der Waals surface area contributed by atoms with Gasteiger partial charge in [-0.1, -0.05) is 49.6 Å². The maximum absolute atomic E-state index is 13.1. The zero-order valence-corrected chi connectivity index (χ0v) is 21.4. The van der Waals surface area contributed by atoms with Crippen LogP contribution in [-0.2, 0) is 22.7 Å². The zero-order valence-electron chi connectivity index (χ0n) is 19.9. The van der Waals surface area contributed by atoms with E-state index in [0.717, 1.165) is 18.4 Å². The fraction of sp³-hybridized carbons (Fsp3) is 0.296. The van der Waals surface area contributed by atoms with E-state index in [9.17, 15) is 28.5 Å². The second-order valence-electron chi connectivity index (χ2n) is 9.08. The second-order valence-corrected chi connectivity index (χ2v) is 11.4. The minimum absolute atomic E-state index is 0.0132. The van der Waals surface area contributed by atoms with Gasteiger partial charge >= 0.3 is 0 Å². The molecule has 0 aliphatic carbocycles. The third-order valence-electron chi connectivity index (χ3n) is 5.86. The van der Waals surface area contributed by atoms with E-state index in [1.165, 1.54) is 36.4 Å². The standard InChI is InChI=1S/C27H29ClO6S/c1-16(2)5-4-6-18-14-22(26(31)27(32)25(18)30)24(29)15-19-13-21(11-12-23(19)28)35(33,34)20-9-7-17(3)8-10-20/h7-14,16,30-32H,4-6,15H2,1-3H3. The number of hydrogen-bond acceptors (Lipinski definition) is 6. The predicted octanol–water partition coefficient (Wildman–Crippen LogP) is 6.00. The van der Waals surface area contributed by atoms with Crippen molar-refractivity contribution in [3.8, 4) is 17.2 Å². The van der Waals surface area contributed by atoms with Gasteiger partial charge in [-0.3, -0.25) is 4.79 Å². The first-order valence-electron chi connectivity index (χ1n) is 11.3. The maximum Gasteiger partial charge on any atom is 0.206 e. The number of sulfone groups is 1. The highest BCUT2D eigenvalue weighted by Gasteiger charge is 2.24. The van der Waals surface area contributed by atoms with E-state index < -0.39 is 32.9 Å². The number of aryl methyl sites for hydroxylation is 2. The average Bonchev–Trinajstić information content (AvgIpc) is 2.80. The molecule has 8 heteroatoms. The maximum atomic E-state index is 13.1. The number of hydrogen-bond donors (Lipinski definition) is 3. The highest BCUT2D eigenvalue weighted by molar-refractivity contribution is 7.91. The topological polar surface area (TPSA) is 112 Å². The smallest absolute Gasteiger partial charge is 0.206 e. The first kappa shape index (κ1) is 26.6. The number of benzene rings is 3. The van der Waals surface area contributed by atoms with Crippen molar-refractivity contribution in [1.82, 2.24) is 0 Å². The molecule has 0 radical (unpaired) electrons. The zero-order chi connectivity index (χ0) is 25.9. The fourth-order valence-corrected chi connectivity index (χ4v) is 5.28. The first-order valence-corrected chi connectivity index (χ1v) is 13.2. The lowest BCUT2D eigenvalue weighted by atomic mass is 9.96. The number of phenols is 3. The number of ketones is 1. The van der Waals surface area contributed by atoms with E-state index in [1.807, 2.05) is 6.92 Å². The third-order valence-corrected chi connectivity index (χ3v) is 8.00. The van der Waals surface area contributed by atoms with Crippen molar-refractivity contribution in [1.29, 1.82) is 0 Å². The lowest BCUT2D eigenvalue weighted by molar-refractivity contribution is 0.0989. The second kappa shape index (κ2) is 10.7. The van der Waals surface area contributed by atoms with Gasteiger partial charge < -0.3 is 15.3 Å². The van der Waals surface area contributed by atoms with Crippen LogP contribution in [-0.4, -0.2) is 29.5 Å². The van der Waals surface area contributed by atoms with Gasteiger partial charge in [-0.05, 0) is 73.2 Å². The van der Waals surface area contributed by atoms with Gasteiger partial charge in [-0.25, -0.2) is 8.42 Å². The number of carbonyl (C=O) groups is 1. The molecule has 35 heavy (non-hydrogen) atoms. The molecule has 0 bridgehead atoms. The number of phenolic OH excluding ortho intramolecular Hbond substituents is 3. The van der Waals surface area contributed by atoms with Crippen LogP contribution in [0, 0.1) is 12.8 Å². The minimum atomic E-state index is -3.83. The summed E-state index contributed by atoms with van der Waals surface area (Å²) < 4.78 is 26.1. The van der Waals surface area contributed by atoms with Crippen LogP contribution >= 0.6 is 11.6 Å². The summed E-state index contributed by atoms with van der Waals surface area (Å²) in [4.78, 5) is 13.2. The molecule has 0 amide bonds. The van der Waals surface area contributed by atoms with Crippen LogP contribution in [0.4, 0.5) is 0 Å². The van der Waals surface area contributed by atoms with Crippen LogP contribution in [0.1, 0.15) is 53.7 Å². The Morgan fingerprint density at radius 1 is 0.886 bits per heavy atom. The van der Waals surface area contributed by atoms with Gasteiger partial charge in [0.25, 0.3) is 0 Å². The molecule has 0 heterocycles. The van der Waals surface area contributed by atoms with E-state index in [1.54, 1.807) is 12.1 Å². The van der Waals surface area contributed by atoms with E-state index in [-0.39, 0.29) is 32.4 Å². The number of aromatic hydroxyl groups is 3. The Morgan fingerprint density at radius 3 is 2.14 bits per heavy atom. The van der Waals surface area contributed by atoms with Gasteiger partial charge in [0.1, 0.15) is 0 Å². The van der Waals surface area contributed by atoms with Gasteiger partial charge in [-0.2, -0.15) is 0 Å². The molecule has 0 aromatic heterocycles. The number of Topliss-reactive ketones (excluding diaryl/α,β-unsaturated/α-hetero) is 1. The lowest BCUT2D eigenvalue weighted by Gasteiger charge is -2.13. The van der Waals surface area contributed by atoms with E-state index in [0.29, 0.717) is 17.9 Å². The largest absolute Gasteiger partial charge is 0.504 e. The normalized spacial score (nSPS) is 11.7. The van der Waals surface area contributed by atoms with Crippen molar-refractivity contribution < 1.29 is 28.5 Å². The predicted molar refractivity (Wildman–Crippen MR) is 135 cm³/mol. The van der Waals surface area contributed by atoms with Gasteiger partial charge in [0.05, 0.1) is 15.4 Å². The highest BCUT2D eigenvalue weighted by atomic mass is 35.5. The molecule has 0 atom stereocenters. The van der Waals surface area contributed by atoms with Gasteiger partial charge in [0.2, 0.25) is 15.6 Å².